The molecule has 0 aliphatic heterocycles. The Hall–Kier alpha value is -1.10. The van der Waals surface area contributed by atoms with E-state index in [-0.39, 0.29) is 11.5 Å². The quantitative estimate of drug-likeness (QED) is 0.756. The molecule has 2 rings (SSSR count). The Balaban J connectivity index is 2.88. The maximum absolute atomic E-state index is 13.1. The topological polar surface area (TPSA) is 52.0 Å². The number of benzene rings is 1. The Morgan fingerprint density at radius 1 is 1.50 bits per heavy atom. The van der Waals surface area contributed by atoms with Crippen molar-refractivity contribution >= 4 is 33.0 Å². The lowest BCUT2D eigenvalue weighted by molar-refractivity contribution is 0.621. The van der Waals surface area contributed by atoms with Gasteiger partial charge in [0.05, 0.1) is 0 Å². The molecule has 0 atom stereocenters. The van der Waals surface area contributed by atoms with E-state index in [9.17, 15) is 4.39 Å². The van der Waals surface area contributed by atoms with Crippen molar-refractivity contribution in [2.24, 2.45) is 0 Å². The molecular weight excluding hydrogens is 227 g/mol. The molecule has 0 amide bonds. The third-order valence-electron chi connectivity index (χ3n) is 1.43. The number of nitrogens with two attached hydrogens (primary N) is 1. The van der Waals surface area contributed by atoms with Gasteiger partial charge in [-0.1, -0.05) is 15.9 Å². The summed E-state index contributed by atoms with van der Waals surface area (Å²) in [5, 5.41) is 0. The molecule has 0 saturated carbocycles. The van der Waals surface area contributed by atoms with Gasteiger partial charge in [-0.2, -0.15) is 4.98 Å². The van der Waals surface area contributed by atoms with Crippen LogP contribution < -0.4 is 5.73 Å². The zero-order chi connectivity index (χ0) is 8.72. The molecule has 5 heteroatoms. The van der Waals surface area contributed by atoms with Gasteiger partial charge in [-0.25, -0.2) is 4.39 Å². The fraction of sp³-hybridized carbons (Fsp3) is 0. The second-order valence-electron chi connectivity index (χ2n) is 2.29. The SMILES string of the molecule is Nc1nc2c(F)cc(Br)cc2o1. The van der Waals surface area contributed by atoms with Crippen LogP contribution in [-0.4, -0.2) is 4.98 Å². The summed E-state index contributed by atoms with van der Waals surface area (Å²) in [5.74, 6) is -0.445. The first kappa shape index (κ1) is 7.54. The third kappa shape index (κ3) is 1.06. The number of aromatic nitrogens is 1. The number of oxazole rings is 1. The molecule has 0 unspecified atom stereocenters. The molecule has 0 spiro atoms. The van der Waals surface area contributed by atoms with Gasteiger partial charge >= 0.3 is 0 Å². The molecule has 12 heavy (non-hydrogen) atoms. The Morgan fingerprint density at radius 3 is 3.00 bits per heavy atom. The fourth-order valence-corrected chi connectivity index (χ4v) is 1.38. The number of nitrogen functional groups attached to an aromatic ring is 1. The lowest BCUT2D eigenvalue weighted by atomic mass is 10.3. The van der Waals surface area contributed by atoms with Crippen LogP contribution in [0, 0.1) is 5.82 Å². The highest BCUT2D eigenvalue weighted by atomic mass is 79.9. The zero-order valence-electron chi connectivity index (χ0n) is 5.84. The third-order valence-corrected chi connectivity index (χ3v) is 1.89. The number of anilines is 1. The minimum absolute atomic E-state index is 0.0259. The molecule has 0 radical (unpaired) electrons. The van der Waals surface area contributed by atoms with Crippen LogP contribution in [-0.2, 0) is 0 Å². The summed E-state index contributed by atoms with van der Waals surface area (Å²) in [5.41, 5.74) is 5.76. The van der Waals surface area contributed by atoms with Gasteiger partial charge in [0.15, 0.2) is 11.4 Å². The Labute approximate surface area is 75.5 Å². The Kier molecular flexibility index (Phi) is 1.54. The molecule has 1 heterocycles. The molecule has 3 nitrogen and oxygen atoms in total. The summed E-state index contributed by atoms with van der Waals surface area (Å²) in [6, 6.07) is 2.90. The summed E-state index contributed by atoms with van der Waals surface area (Å²) in [6.07, 6.45) is 0. The smallest absolute Gasteiger partial charge is 0.293 e. The zero-order valence-corrected chi connectivity index (χ0v) is 7.43. The van der Waals surface area contributed by atoms with Gasteiger partial charge in [-0.15, -0.1) is 0 Å². The number of halogens is 2. The molecule has 0 aliphatic rings. The van der Waals surface area contributed by atoms with E-state index < -0.39 is 5.82 Å². The van der Waals surface area contributed by atoms with Crippen LogP contribution in [0.2, 0.25) is 0 Å². The summed E-state index contributed by atoms with van der Waals surface area (Å²) < 4.78 is 18.6. The van der Waals surface area contributed by atoms with Crippen molar-refractivity contribution in [2.75, 3.05) is 5.73 Å². The van der Waals surface area contributed by atoms with Gasteiger partial charge in [0.25, 0.3) is 6.01 Å². The van der Waals surface area contributed by atoms with Crippen LogP contribution in [0.15, 0.2) is 21.0 Å². The van der Waals surface area contributed by atoms with Crippen LogP contribution in [0.4, 0.5) is 10.4 Å². The number of hydrogen-bond acceptors (Lipinski definition) is 3. The highest BCUT2D eigenvalue weighted by Crippen LogP contribution is 2.24. The van der Waals surface area contributed by atoms with Crippen molar-refractivity contribution in [2.45, 2.75) is 0 Å². The standard InChI is InChI=1S/C7H4BrFN2O/c8-3-1-4(9)6-5(2-3)12-7(10)11-6/h1-2H,(H2,10,11). The normalized spacial score (nSPS) is 10.8. The van der Waals surface area contributed by atoms with Gasteiger partial charge in [0.1, 0.15) is 5.52 Å². The Bertz CT molecular complexity index is 440. The molecule has 0 bridgehead atoms. The molecule has 62 valence electrons. The number of fused-ring (bicyclic) bond motifs is 1. The number of rotatable bonds is 0. The van der Waals surface area contributed by atoms with E-state index in [4.69, 9.17) is 10.2 Å². The fourth-order valence-electron chi connectivity index (χ4n) is 0.974. The van der Waals surface area contributed by atoms with Crippen LogP contribution >= 0.6 is 15.9 Å². The maximum Gasteiger partial charge on any atom is 0.293 e. The first-order valence-corrected chi connectivity index (χ1v) is 3.97. The highest BCUT2D eigenvalue weighted by Gasteiger charge is 2.08. The summed E-state index contributed by atoms with van der Waals surface area (Å²) >= 11 is 3.12. The molecule has 1 aromatic carbocycles. The molecule has 0 fully saturated rings. The van der Waals surface area contributed by atoms with Crippen LogP contribution in [0.3, 0.4) is 0 Å². The van der Waals surface area contributed by atoms with Crippen LogP contribution in [0.5, 0.6) is 0 Å². The molecule has 0 aliphatic carbocycles. The highest BCUT2D eigenvalue weighted by molar-refractivity contribution is 9.10. The van der Waals surface area contributed by atoms with E-state index in [1.54, 1.807) is 6.07 Å². The number of hydrogen-bond donors (Lipinski definition) is 1. The minimum Gasteiger partial charge on any atom is -0.424 e. The summed E-state index contributed by atoms with van der Waals surface area (Å²) in [4.78, 5) is 3.67. The average Bonchev–Trinajstić information content (AvgIpc) is 2.29. The second-order valence-corrected chi connectivity index (χ2v) is 3.20. The molecule has 1 aromatic heterocycles. The van der Waals surface area contributed by atoms with Crippen LogP contribution in [0.1, 0.15) is 0 Å². The second kappa shape index (κ2) is 2.45. The van der Waals surface area contributed by atoms with Crippen molar-refractivity contribution in [1.82, 2.24) is 4.98 Å². The molecule has 2 aromatic rings. The minimum atomic E-state index is -0.445. The monoisotopic (exact) mass is 230 g/mol. The van der Waals surface area contributed by atoms with Crippen molar-refractivity contribution in [3.05, 3.63) is 22.4 Å². The Morgan fingerprint density at radius 2 is 2.25 bits per heavy atom. The van der Waals surface area contributed by atoms with Gasteiger partial charge in [0, 0.05) is 4.47 Å². The first-order valence-electron chi connectivity index (χ1n) is 3.18. The molecule has 2 N–H and O–H groups in total. The lowest BCUT2D eigenvalue weighted by Crippen LogP contribution is -1.82. The summed E-state index contributed by atoms with van der Waals surface area (Å²) in [7, 11) is 0. The van der Waals surface area contributed by atoms with Gasteiger partial charge in [-0.3, -0.25) is 0 Å². The van der Waals surface area contributed by atoms with Crippen LogP contribution in [0.25, 0.3) is 11.1 Å². The van der Waals surface area contributed by atoms with Gasteiger partial charge in [0.2, 0.25) is 0 Å². The predicted molar refractivity (Wildman–Crippen MR) is 46.1 cm³/mol. The van der Waals surface area contributed by atoms with E-state index in [0.717, 1.165) is 0 Å². The van der Waals surface area contributed by atoms with E-state index >= 15 is 0 Å². The predicted octanol–water partition coefficient (Wildman–Crippen LogP) is 2.31. The molecular formula is C7H4BrFN2O. The summed E-state index contributed by atoms with van der Waals surface area (Å²) in [6.45, 7) is 0. The van der Waals surface area contributed by atoms with Crippen molar-refractivity contribution in [1.29, 1.82) is 0 Å². The lowest BCUT2D eigenvalue weighted by Gasteiger charge is -1.90. The van der Waals surface area contributed by atoms with Crippen molar-refractivity contribution < 1.29 is 8.81 Å². The van der Waals surface area contributed by atoms with E-state index in [0.29, 0.717) is 10.1 Å². The van der Waals surface area contributed by atoms with E-state index in [2.05, 4.69) is 20.9 Å². The van der Waals surface area contributed by atoms with Crippen molar-refractivity contribution in [3.8, 4) is 0 Å². The largest absolute Gasteiger partial charge is 0.424 e. The van der Waals surface area contributed by atoms with Gasteiger partial charge in [-0.05, 0) is 12.1 Å². The average molecular weight is 231 g/mol. The molecule has 0 saturated heterocycles. The van der Waals surface area contributed by atoms with Crippen molar-refractivity contribution in [3.63, 3.8) is 0 Å². The maximum atomic E-state index is 13.1. The van der Waals surface area contributed by atoms with E-state index in [1.165, 1.54) is 6.07 Å². The number of nitrogens with zero attached hydrogens (tertiary/aromatic N) is 1. The first-order chi connectivity index (χ1) is 5.66. The van der Waals surface area contributed by atoms with E-state index in [1.807, 2.05) is 0 Å². The van der Waals surface area contributed by atoms with Gasteiger partial charge < -0.3 is 10.2 Å².